The van der Waals surface area contributed by atoms with E-state index >= 15 is 0 Å². The molecule has 7 rings (SSSR count). The second-order valence-electron chi connectivity index (χ2n) is 13.1. The van der Waals surface area contributed by atoms with Crippen LogP contribution in [0, 0.1) is 0 Å². The van der Waals surface area contributed by atoms with Crippen LogP contribution in [0.5, 0.6) is 11.5 Å². The molecule has 2 aliphatic heterocycles. The van der Waals surface area contributed by atoms with Crippen molar-refractivity contribution in [3.8, 4) is 11.5 Å². The van der Waals surface area contributed by atoms with E-state index in [1.54, 1.807) is 30.5 Å². The average molecular weight is 731 g/mol. The van der Waals surface area contributed by atoms with Gasteiger partial charge in [-0.25, -0.2) is 9.59 Å². The van der Waals surface area contributed by atoms with Crippen molar-refractivity contribution in [2.75, 3.05) is 29.6 Å². The minimum atomic E-state index is -0.943. The van der Waals surface area contributed by atoms with E-state index < -0.39 is 17.5 Å². The maximum Gasteiger partial charge on any atom is 0.343 e. The number of rotatable bonds is 15. The lowest BCUT2D eigenvalue weighted by molar-refractivity contribution is -0.137. The number of benzene rings is 5. The molecule has 1 unspecified atom stereocenters. The molecule has 55 heavy (non-hydrogen) atoms. The molecule has 0 bridgehead atoms. The number of carbonyl (C=O) groups excluding carboxylic acids is 2. The molecule has 0 saturated carbocycles. The van der Waals surface area contributed by atoms with Crippen molar-refractivity contribution in [2.45, 2.75) is 31.2 Å². The van der Waals surface area contributed by atoms with Crippen LogP contribution in [0.25, 0.3) is 10.8 Å². The van der Waals surface area contributed by atoms with E-state index in [2.05, 4.69) is 65.0 Å². The number of carbonyl (C=O) groups is 2. The van der Waals surface area contributed by atoms with Crippen LogP contribution in [0.4, 0.5) is 11.4 Å². The molecule has 2 aliphatic rings. The highest BCUT2D eigenvalue weighted by Crippen LogP contribution is 2.44. The average Bonchev–Trinajstić information content (AvgIpc) is 3.25. The summed E-state index contributed by atoms with van der Waals surface area (Å²) in [5.74, 6) is 0.226. The molecule has 276 valence electrons. The molecule has 0 aromatic heterocycles. The molecule has 1 atom stereocenters. The molecular weight excluding hydrogens is 689 g/mol. The summed E-state index contributed by atoms with van der Waals surface area (Å²) in [6.07, 6.45) is 14.5. The number of para-hydroxylation sites is 1. The van der Waals surface area contributed by atoms with Gasteiger partial charge < -0.3 is 24.0 Å². The Hall–Kier alpha value is -6.74. The van der Waals surface area contributed by atoms with Crippen LogP contribution in [0.1, 0.15) is 41.6 Å². The van der Waals surface area contributed by atoms with E-state index in [0.29, 0.717) is 36.8 Å². The fraction of sp³-hybridized carbons (Fsp3) is 0.174. The number of aliphatic imine (C=N–C) groups is 2. The number of unbranched alkanes of at least 4 members (excludes halogenated alkanes) is 3. The number of ether oxygens (including phenoxy) is 3. The van der Waals surface area contributed by atoms with Crippen LogP contribution >= 0.6 is 0 Å². The molecule has 0 saturated heterocycles. The molecular formula is C46H42N4O5. The molecule has 9 heteroatoms. The highest BCUT2D eigenvalue weighted by molar-refractivity contribution is 5.99. The molecule has 0 radical (unpaired) electrons. The van der Waals surface area contributed by atoms with Crippen LogP contribution in [0.3, 0.4) is 0 Å². The maximum absolute atomic E-state index is 13.2. The van der Waals surface area contributed by atoms with Crippen LogP contribution in [0.15, 0.2) is 168 Å². The Balaban J connectivity index is 1.08. The van der Waals surface area contributed by atoms with E-state index in [-0.39, 0.29) is 0 Å². The summed E-state index contributed by atoms with van der Waals surface area (Å²) in [7, 11) is 0. The third-order valence-corrected chi connectivity index (χ3v) is 9.55. The minimum Gasteiger partial charge on any atom is -0.494 e. The SMILES string of the molecule is C=CC(=O)OCCCCCCOc1ccc(C(=O)Oc2ccc(C3(C4=CN(c5ccccc5)CC=N4)C=NC=CN3c3cccc4ccccc34)cc2)cc1. The van der Waals surface area contributed by atoms with Gasteiger partial charge in [0.05, 0.1) is 36.7 Å². The number of nitrogens with zero attached hydrogens (tertiary/aromatic N) is 4. The zero-order valence-corrected chi connectivity index (χ0v) is 30.5. The van der Waals surface area contributed by atoms with Gasteiger partial charge in [0.25, 0.3) is 0 Å². The van der Waals surface area contributed by atoms with Gasteiger partial charge in [-0.15, -0.1) is 0 Å². The normalized spacial score (nSPS) is 16.1. The third kappa shape index (κ3) is 8.41. The van der Waals surface area contributed by atoms with Crippen LogP contribution in [-0.4, -0.2) is 44.1 Å². The molecule has 0 spiro atoms. The summed E-state index contributed by atoms with van der Waals surface area (Å²) < 4.78 is 16.7. The van der Waals surface area contributed by atoms with E-state index in [1.807, 2.05) is 73.2 Å². The first kappa shape index (κ1) is 36.6. The van der Waals surface area contributed by atoms with Crippen LogP contribution < -0.4 is 19.3 Å². The Morgan fingerprint density at radius 1 is 0.782 bits per heavy atom. The van der Waals surface area contributed by atoms with Crippen molar-refractivity contribution >= 4 is 46.5 Å². The summed E-state index contributed by atoms with van der Waals surface area (Å²) in [5.41, 5.74) is 3.20. The van der Waals surface area contributed by atoms with Crippen molar-refractivity contribution in [3.63, 3.8) is 0 Å². The van der Waals surface area contributed by atoms with Crippen molar-refractivity contribution < 1.29 is 23.8 Å². The van der Waals surface area contributed by atoms with Crippen LogP contribution in [0.2, 0.25) is 0 Å². The zero-order valence-electron chi connectivity index (χ0n) is 30.5. The predicted molar refractivity (Wildman–Crippen MR) is 219 cm³/mol. The first-order valence-electron chi connectivity index (χ1n) is 18.4. The fourth-order valence-electron chi connectivity index (χ4n) is 6.74. The lowest BCUT2D eigenvalue weighted by Crippen LogP contribution is -2.48. The van der Waals surface area contributed by atoms with Gasteiger partial charge in [0.15, 0.2) is 0 Å². The monoisotopic (exact) mass is 730 g/mol. The smallest absolute Gasteiger partial charge is 0.343 e. The quantitative estimate of drug-likeness (QED) is 0.0459. The summed E-state index contributed by atoms with van der Waals surface area (Å²) in [5, 5.41) is 2.22. The molecule has 5 aromatic rings. The summed E-state index contributed by atoms with van der Waals surface area (Å²) in [6.45, 7) is 4.97. The molecule has 0 aliphatic carbocycles. The lowest BCUT2D eigenvalue weighted by Gasteiger charge is -2.44. The molecule has 9 nitrogen and oxygen atoms in total. The van der Waals surface area contributed by atoms with Crippen molar-refractivity contribution in [3.05, 3.63) is 169 Å². The summed E-state index contributed by atoms with van der Waals surface area (Å²) >= 11 is 0. The predicted octanol–water partition coefficient (Wildman–Crippen LogP) is 9.42. The zero-order chi connectivity index (χ0) is 37.9. The van der Waals surface area contributed by atoms with Gasteiger partial charge >= 0.3 is 11.9 Å². The van der Waals surface area contributed by atoms with Crippen molar-refractivity contribution in [2.24, 2.45) is 9.98 Å². The Bertz CT molecular complexity index is 2240. The number of fused-ring (bicyclic) bond motifs is 1. The standard InChI is InChI=1S/C46H42N4O5/c1-2-44(51)54-32-11-4-3-10-31-53-39-23-19-36(20-24-39)45(52)55-40-25-21-37(22-26-40)46(43-33-49(29-28-48-43)38-15-6-5-7-16-38)34-47-27-30-50(46)42-18-12-14-35-13-8-9-17-41(35)42/h2,5-9,12-28,30,33-34H,1,3-4,10-11,29,31-32H2. The molecule has 0 amide bonds. The first-order valence-corrected chi connectivity index (χ1v) is 18.4. The molecule has 0 fully saturated rings. The fourth-order valence-corrected chi connectivity index (χ4v) is 6.74. The number of esters is 2. The number of anilines is 2. The van der Waals surface area contributed by atoms with Gasteiger partial charge in [0.2, 0.25) is 0 Å². The van der Waals surface area contributed by atoms with E-state index in [0.717, 1.165) is 59.1 Å². The van der Waals surface area contributed by atoms with E-state index in [9.17, 15) is 9.59 Å². The third-order valence-electron chi connectivity index (χ3n) is 9.55. The lowest BCUT2D eigenvalue weighted by atomic mass is 9.84. The highest BCUT2D eigenvalue weighted by Gasteiger charge is 2.43. The first-order chi connectivity index (χ1) is 27.0. The largest absolute Gasteiger partial charge is 0.494 e. The Morgan fingerprint density at radius 2 is 1.51 bits per heavy atom. The van der Waals surface area contributed by atoms with Gasteiger partial charge in [-0.2, -0.15) is 0 Å². The topological polar surface area (TPSA) is 93.0 Å². The molecule has 0 N–H and O–H groups in total. The van der Waals surface area contributed by atoms with Crippen LogP contribution in [-0.2, 0) is 15.1 Å². The maximum atomic E-state index is 13.2. The van der Waals surface area contributed by atoms with Crippen molar-refractivity contribution in [1.29, 1.82) is 0 Å². The second-order valence-corrected chi connectivity index (χ2v) is 13.1. The van der Waals surface area contributed by atoms with Gasteiger partial charge in [0, 0.05) is 48.2 Å². The van der Waals surface area contributed by atoms with Gasteiger partial charge in [-0.1, -0.05) is 73.3 Å². The minimum absolute atomic E-state index is 0.395. The van der Waals surface area contributed by atoms with E-state index in [4.69, 9.17) is 24.2 Å². The Morgan fingerprint density at radius 3 is 2.31 bits per heavy atom. The van der Waals surface area contributed by atoms with Gasteiger partial charge in [0.1, 0.15) is 17.0 Å². The summed E-state index contributed by atoms with van der Waals surface area (Å²) in [6, 6.07) is 39.4. The van der Waals surface area contributed by atoms with Crippen molar-refractivity contribution in [1.82, 2.24) is 0 Å². The number of hydrogen-bond acceptors (Lipinski definition) is 9. The Kier molecular flexibility index (Phi) is 11.6. The highest BCUT2D eigenvalue weighted by atomic mass is 16.5. The van der Waals surface area contributed by atoms with Gasteiger partial charge in [-0.3, -0.25) is 9.98 Å². The number of hydrogen-bond donors (Lipinski definition) is 0. The molecule has 5 aromatic carbocycles. The second kappa shape index (κ2) is 17.4. The molecule has 2 heterocycles. The Labute approximate surface area is 321 Å². The van der Waals surface area contributed by atoms with E-state index in [1.165, 1.54) is 6.08 Å². The van der Waals surface area contributed by atoms with Gasteiger partial charge in [-0.05, 0) is 91.2 Å². The summed E-state index contributed by atoms with van der Waals surface area (Å²) in [4.78, 5) is 38.5.